The summed E-state index contributed by atoms with van der Waals surface area (Å²) in [5.41, 5.74) is 1.23. The van der Waals surface area contributed by atoms with Crippen molar-refractivity contribution in [2.24, 2.45) is 0 Å². The summed E-state index contributed by atoms with van der Waals surface area (Å²) in [5, 5.41) is 9.64. The van der Waals surface area contributed by atoms with E-state index in [1.807, 2.05) is 34.6 Å². The smallest absolute Gasteiger partial charge is 0.265 e. The Bertz CT molecular complexity index is 660. The van der Waals surface area contributed by atoms with Crippen molar-refractivity contribution in [1.82, 2.24) is 19.6 Å². The average Bonchev–Trinajstić information content (AvgIpc) is 2.77. The lowest BCUT2D eigenvalue weighted by Crippen LogP contribution is -2.31. The first-order valence-electron chi connectivity index (χ1n) is 6.75. The molecule has 0 saturated carbocycles. The van der Waals surface area contributed by atoms with Crippen molar-refractivity contribution in [2.45, 2.75) is 59.5 Å². The van der Waals surface area contributed by atoms with Gasteiger partial charge in [-0.3, -0.25) is 9.48 Å². The van der Waals surface area contributed by atoms with E-state index >= 15 is 0 Å². The van der Waals surface area contributed by atoms with Crippen molar-refractivity contribution in [3.8, 4) is 0 Å². The predicted molar refractivity (Wildman–Crippen MR) is 76.5 cm³/mol. The fourth-order valence-corrected chi connectivity index (χ4v) is 2.17. The van der Waals surface area contributed by atoms with Crippen molar-refractivity contribution >= 4 is 10.9 Å². The van der Waals surface area contributed by atoms with Gasteiger partial charge in [-0.1, -0.05) is 6.92 Å². The van der Waals surface area contributed by atoms with Gasteiger partial charge in [-0.05, 0) is 41.0 Å². The minimum Gasteiger partial charge on any atom is -0.265 e. The summed E-state index contributed by atoms with van der Waals surface area (Å²) in [5.74, 6) is 0. The molecule has 0 amide bonds. The second-order valence-electron chi connectivity index (χ2n) is 6.08. The van der Waals surface area contributed by atoms with Gasteiger partial charge in [-0.2, -0.15) is 10.2 Å². The Morgan fingerprint density at radius 2 is 2.00 bits per heavy atom. The molecule has 0 N–H and O–H groups in total. The number of aryl methyl sites for hydroxylation is 1. The average molecular weight is 262 g/mol. The van der Waals surface area contributed by atoms with Crippen LogP contribution in [0.1, 0.15) is 52.8 Å². The summed E-state index contributed by atoms with van der Waals surface area (Å²) in [6.07, 6.45) is 2.62. The highest BCUT2D eigenvalue weighted by molar-refractivity contribution is 5.79. The third kappa shape index (κ3) is 2.17. The molecule has 2 heterocycles. The Kier molecular flexibility index (Phi) is 3.24. The van der Waals surface area contributed by atoms with E-state index in [9.17, 15) is 4.79 Å². The number of nitrogens with zero attached hydrogens (tertiary/aromatic N) is 4. The van der Waals surface area contributed by atoms with Crippen LogP contribution in [0.3, 0.4) is 0 Å². The van der Waals surface area contributed by atoms with Crippen molar-refractivity contribution in [3.63, 3.8) is 0 Å². The highest BCUT2D eigenvalue weighted by Crippen LogP contribution is 2.21. The quantitative estimate of drug-likeness (QED) is 0.836. The molecule has 1 atom stereocenters. The van der Waals surface area contributed by atoms with E-state index in [4.69, 9.17) is 0 Å². The molecule has 0 aromatic carbocycles. The van der Waals surface area contributed by atoms with E-state index in [1.54, 1.807) is 15.6 Å². The molecular formula is C14H22N4O. The van der Waals surface area contributed by atoms with Gasteiger partial charge in [0.25, 0.3) is 5.56 Å². The normalized spacial score (nSPS) is 14.0. The molecule has 0 bridgehead atoms. The molecule has 5 heteroatoms. The molecule has 0 aliphatic rings. The van der Waals surface area contributed by atoms with E-state index < -0.39 is 0 Å². The van der Waals surface area contributed by atoms with Crippen LogP contribution in [0.15, 0.2) is 11.0 Å². The summed E-state index contributed by atoms with van der Waals surface area (Å²) in [6, 6.07) is 0.0962. The molecule has 19 heavy (non-hydrogen) atoms. The highest BCUT2D eigenvalue weighted by Gasteiger charge is 2.22. The summed E-state index contributed by atoms with van der Waals surface area (Å²) < 4.78 is 3.39. The number of rotatable bonds is 2. The standard InChI is InChI=1S/C14H22N4O/c1-7-9(2)17-13(19)12-11(10(3)16-17)8-15-18(12)14(4,5)6/h8-9H,7H2,1-6H3. The number of hydrogen-bond acceptors (Lipinski definition) is 3. The molecule has 0 saturated heterocycles. The summed E-state index contributed by atoms with van der Waals surface area (Å²) >= 11 is 0. The Labute approximate surface area is 113 Å². The molecule has 0 aliphatic carbocycles. The van der Waals surface area contributed by atoms with Gasteiger partial charge in [-0.15, -0.1) is 0 Å². The zero-order valence-electron chi connectivity index (χ0n) is 12.6. The first-order valence-corrected chi connectivity index (χ1v) is 6.75. The van der Waals surface area contributed by atoms with Crippen LogP contribution in [0, 0.1) is 6.92 Å². The van der Waals surface area contributed by atoms with Gasteiger partial charge in [-0.25, -0.2) is 4.68 Å². The number of hydrogen-bond donors (Lipinski definition) is 0. The lowest BCUT2D eigenvalue weighted by molar-refractivity contribution is 0.364. The van der Waals surface area contributed by atoms with Crippen LogP contribution in [0.4, 0.5) is 0 Å². The Hall–Kier alpha value is -1.65. The van der Waals surface area contributed by atoms with E-state index in [0.717, 1.165) is 17.5 Å². The lowest BCUT2D eigenvalue weighted by atomic mass is 10.1. The van der Waals surface area contributed by atoms with E-state index in [-0.39, 0.29) is 17.1 Å². The van der Waals surface area contributed by atoms with Crippen molar-refractivity contribution in [2.75, 3.05) is 0 Å². The highest BCUT2D eigenvalue weighted by atomic mass is 16.1. The van der Waals surface area contributed by atoms with Crippen molar-refractivity contribution < 1.29 is 0 Å². The Morgan fingerprint density at radius 3 is 2.53 bits per heavy atom. The third-order valence-electron chi connectivity index (χ3n) is 3.47. The fraction of sp³-hybridized carbons (Fsp3) is 0.643. The second-order valence-corrected chi connectivity index (χ2v) is 6.08. The first kappa shape index (κ1) is 13.8. The van der Waals surface area contributed by atoms with Gasteiger partial charge in [0.2, 0.25) is 0 Å². The van der Waals surface area contributed by atoms with Crippen LogP contribution in [0.25, 0.3) is 10.9 Å². The van der Waals surface area contributed by atoms with Crippen molar-refractivity contribution in [3.05, 3.63) is 22.2 Å². The van der Waals surface area contributed by atoms with E-state index in [1.165, 1.54) is 0 Å². The zero-order chi connectivity index (χ0) is 14.4. The summed E-state index contributed by atoms with van der Waals surface area (Å²) in [4.78, 5) is 12.6. The molecule has 2 aromatic rings. The molecule has 0 spiro atoms. The van der Waals surface area contributed by atoms with Gasteiger partial charge >= 0.3 is 0 Å². The topological polar surface area (TPSA) is 52.7 Å². The molecule has 2 rings (SSSR count). The second kappa shape index (κ2) is 4.47. The Morgan fingerprint density at radius 1 is 1.37 bits per heavy atom. The number of fused-ring (bicyclic) bond motifs is 1. The van der Waals surface area contributed by atoms with Crippen LogP contribution < -0.4 is 5.56 Å². The molecule has 5 nitrogen and oxygen atoms in total. The Balaban J connectivity index is 2.86. The van der Waals surface area contributed by atoms with Crippen LogP contribution in [0.5, 0.6) is 0 Å². The maximum absolute atomic E-state index is 12.6. The largest absolute Gasteiger partial charge is 0.293 e. The minimum absolute atomic E-state index is 0.0534. The molecule has 104 valence electrons. The molecule has 2 aromatic heterocycles. The van der Waals surface area contributed by atoms with E-state index in [0.29, 0.717) is 5.52 Å². The van der Waals surface area contributed by atoms with Gasteiger partial charge in [0.05, 0.1) is 23.5 Å². The van der Waals surface area contributed by atoms with Crippen LogP contribution >= 0.6 is 0 Å². The summed E-state index contributed by atoms with van der Waals surface area (Å²) in [7, 11) is 0. The monoisotopic (exact) mass is 262 g/mol. The van der Waals surface area contributed by atoms with Gasteiger partial charge in [0.1, 0.15) is 5.52 Å². The zero-order valence-corrected chi connectivity index (χ0v) is 12.6. The maximum atomic E-state index is 12.6. The SMILES string of the molecule is CCC(C)n1nc(C)c2cnn(C(C)(C)C)c2c1=O. The van der Waals surface area contributed by atoms with Crippen LogP contribution in [-0.2, 0) is 5.54 Å². The maximum Gasteiger partial charge on any atom is 0.293 e. The minimum atomic E-state index is -0.220. The van der Waals surface area contributed by atoms with Crippen LogP contribution in [0.2, 0.25) is 0 Å². The predicted octanol–water partition coefficient (Wildman–Crippen LogP) is 2.63. The first-order chi connectivity index (χ1) is 8.77. The summed E-state index contributed by atoms with van der Waals surface area (Å²) in [6.45, 7) is 12.1. The third-order valence-corrected chi connectivity index (χ3v) is 3.47. The molecule has 1 unspecified atom stereocenters. The van der Waals surface area contributed by atoms with E-state index in [2.05, 4.69) is 17.1 Å². The van der Waals surface area contributed by atoms with Gasteiger partial charge in [0, 0.05) is 5.39 Å². The molecule has 0 fully saturated rings. The lowest BCUT2D eigenvalue weighted by Gasteiger charge is -2.21. The van der Waals surface area contributed by atoms with Gasteiger partial charge < -0.3 is 0 Å². The van der Waals surface area contributed by atoms with Crippen molar-refractivity contribution in [1.29, 1.82) is 0 Å². The molecular weight excluding hydrogens is 240 g/mol. The fourth-order valence-electron chi connectivity index (χ4n) is 2.17. The van der Waals surface area contributed by atoms with Crippen LogP contribution in [-0.4, -0.2) is 19.6 Å². The molecule has 0 radical (unpaired) electrons. The number of aromatic nitrogens is 4. The molecule has 0 aliphatic heterocycles. The van der Waals surface area contributed by atoms with Gasteiger partial charge in [0.15, 0.2) is 0 Å².